The van der Waals surface area contributed by atoms with E-state index in [1.54, 1.807) is 19.2 Å². The second-order valence-electron chi connectivity index (χ2n) is 5.25. The Kier molecular flexibility index (Phi) is 3.96. The first kappa shape index (κ1) is 15.4. The molecular formula is C16H13F2N3OS. The molecule has 4 nitrogen and oxygen atoms in total. The zero-order valence-electron chi connectivity index (χ0n) is 12.2. The summed E-state index contributed by atoms with van der Waals surface area (Å²) < 4.78 is 27.3. The predicted molar refractivity (Wildman–Crippen MR) is 85.6 cm³/mol. The third-order valence-corrected chi connectivity index (χ3v) is 3.68. The van der Waals surface area contributed by atoms with E-state index in [1.165, 1.54) is 23.1 Å². The van der Waals surface area contributed by atoms with Gasteiger partial charge in [-0.15, -0.1) is 0 Å². The largest absolute Gasteiger partial charge is 0.337 e. The molecule has 3 rings (SSSR count). The van der Waals surface area contributed by atoms with Crippen LogP contribution in [0, 0.1) is 16.4 Å². The molecule has 0 radical (unpaired) electrons. The molecule has 2 aromatic carbocycles. The molecule has 118 valence electrons. The molecule has 1 amide bonds. The first-order valence-corrected chi connectivity index (χ1v) is 7.26. The number of aromatic amines is 2. The Labute approximate surface area is 135 Å². The fourth-order valence-electron chi connectivity index (χ4n) is 2.46. The molecule has 3 aromatic rings. The fraction of sp³-hybridized carbons (Fsp3) is 0.125. The zero-order chi connectivity index (χ0) is 16.6. The van der Waals surface area contributed by atoms with Gasteiger partial charge >= 0.3 is 0 Å². The number of nitrogens with zero attached hydrogens (tertiary/aromatic N) is 1. The lowest BCUT2D eigenvalue weighted by atomic mass is 10.1. The number of halogens is 2. The van der Waals surface area contributed by atoms with Crippen molar-refractivity contribution in [2.45, 2.75) is 6.54 Å². The van der Waals surface area contributed by atoms with Crippen molar-refractivity contribution in [2.24, 2.45) is 0 Å². The van der Waals surface area contributed by atoms with Crippen LogP contribution in [0.15, 0.2) is 36.4 Å². The van der Waals surface area contributed by atoms with E-state index < -0.39 is 5.82 Å². The third-order valence-electron chi connectivity index (χ3n) is 3.48. The van der Waals surface area contributed by atoms with E-state index in [4.69, 9.17) is 12.2 Å². The summed E-state index contributed by atoms with van der Waals surface area (Å²) in [5.74, 6) is -1.29. The van der Waals surface area contributed by atoms with Gasteiger partial charge in [0.2, 0.25) is 0 Å². The molecule has 23 heavy (non-hydrogen) atoms. The average molecular weight is 333 g/mol. The molecule has 0 atom stereocenters. The molecule has 7 heteroatoms. The maximum atomic E-state index is 13.7. The van der Waals surface area contributed by atoms with Crippen molar-refractivity contribution >= 4 is 29.2 Å². The highest BCUT2D eigenvalue weighted by molar-refractivity contribution is 7.71. The smallest absolute Gasteiger partial charge is 0.256 e. The van der Waals surface area contributed by atoms with E-state index in [9.17, 15) is 13.6 Å². The Bertz CT molecular complexity index is 948. The van der Waals surface area contributed by atoms with Crippen molar-refractivity contribution in [3.05, 3.63) is 63.9 Å². The van der Waals surface area contributed by atoms with Crippen LogP contribution in [0.25, 0.3) is 11.0 Å². The lowest BCUT2D eigenvalue weighted by Crippen LogP contribution is -2.26. The normalized spacial score (nSPS) is 10.9. The summed E-state index contributed by atoms with van der Waals surface area (Å²) in [4.78, 5) is 19.6. The van der Waals surface area contributed by atoms with Gasteiger partial charge in [-0.05, 0) is 42.0 Å². The van der Waals surface area contributed by atoms with Crippen LogP contribution in [0.1, 0.15) is 15.9 Å². The number of carbonyl (C=O) groups is 1. The van der Waals surface area contributed by atoms with E-state index >= 15 is 0 Å². The number of H-pyrrole nitrogens is 2. The second kappa shape index (κ2) is 5.92. The second-order valence-corrected chi connectivity index (χ2v) is 5.65. The standard InChI is InChI=1S/C16H13F2N3OS/c1-21(8-9-3-2-4-10(17)5-9)15(22)12-6-11(18)7-13-14(12)20-16(23)19-13/h2-7H,8H2,1H3,(H2,19,20,23). The first-order chi connectivity index (χ1) is 10.9. The number of hydrogen-bond donors (Lipinski definition) is 2. The highest BCUT2D eigenvalue weighted by Gasteiger charge is 2.18. The molecule has 1 heterocycles. The van der Waals surface area contributed by atoms with Crippen LogP contribution in [-0.2, 0) is 6.54 Å². The maximum Gasteiger partial charge on any atom is 0.256 e. The van der Waals surface area contributed by atoms with Gasteiger partial charge in [0.25, 0.3) is 5.91 Å². The Morgan fingerprint density at radius 1 is 1.17 bits per heavy atom. The van der Waals surface area contributed by atoms with Gasteiger partial charge in [-0.2, -0.15) is 0 Å². The maximum absolute atomic E-state index is 13.7. The molecule has 0 aliphatic rings. The number of carbonyl (C=O) groups excluding carboxylic acids is 1. The van der Waals surface area contributed by atoms with Crippen molar-refractivity contribution in [3.8, 4) is 0 Å². The van der Waals surface area contributed by atoms with Crippen LogP contribution in [0.4, 0.5) is 8.78 Å². The van der Waals surface area contributed by atoms with Crippen LogP contribution < -0.4 is 0 Å². The Balaban J connectivity index is 1.95. The fourth-order valence-corrected chi connectivity index (χ4v) is 2.67. The Hall–Kier alpha value is -2.54. The Morgan fingerprint density at radius 3 is 2.70 bits per heavy atom. The predicted octanol–water partition coefficient (Wildman–Crippen LogP) is 3.78. The van der Waals surface area contributed by atoms with E-state index in [2.05, 4.69) is 9.97 Å². The minimum absolute atomic E-state index is 0.172. The summed E-state index contributed by atoms with van der Waals surface area (Å²) in [7, 11) is 1.57. The quantitative estimate of drug-likeness (QED) is 0.717. The molecule has 0 aliphatic heterocycles. The molecular weight excluding hydrogens is 320 g/mol. The zero-order valence-corrected chi connectivity index (χ0v) is 13.0. The average Bonchev–Trinajstić information content (AvgIpc) is 2.85. The number of rotatable bonds is 3. The molecule has 0 spiro atoms. The monoisotopic (exact) mass is 333 g/mol. The summed E-state index contributed by atoms with van der Waals surface area (Å²) in [6.07, 6.45) is 0. The first-order valence-electron chi connectivity index (χ1n) is 6.85. The van der Waals surface area contributed by atoms with Crippen molar-refractivity contribution in [3.63, 3.8) is 0 Å². The molecule has 0 bridgehead atoms. The van der Waals surface area contributed by atoms with Crippen LogP contribution >= 0.6 is 12.2 Å². The highest BCUT2D eigenvalue weighted by Crippen LogP contribution is 2.20. The number of hydrogen-bond acceptors (Lipinski definition) is 2. The van der Waals surface area contributed by atoms with Crippen LogP contribution in [-0.4, -0.2) is 27.8 Å². The van der Waals surface area contributed by atoms with Gasteiger partial charge in [-0.25, -0.2) is 8.78 Å². The summed E-state index contributed by atoms with van der Waals surface area (Å²) in [5.41, 5.74) is 1.70. The Morgan fingerprint density at radius 2 is 1.96 bits per heavy atom. The van der Waals surface area contributed by atoms with Crippen LogP contribution in [0.3, 0.4) is 0 Å². The van der Waals surface area contributed by atoms with E-state index in [-0.39, 0.29) is 23.8 Å². The van der Waals surface area contributed by atoms with Crippen molar-refractivity contribution in [1.29, 1.82) is 0 Å². The third kappa shape index (κ3) is 3.14. The van der Waals surface area contributed by atoms with Gasteiger partial charge in [-0.3, -0.25) is 4.79 Å². The minimum Gasteiger partial charge on any atom is -0.337 e. The lowest BCUT2D eigenvalue weighted by Gasteiger charge is -2.18. The van der Waals surface area contributed by atoms with Gasteiger partial charge in [0, 0.05) is 13.6 Å². The summed E-state index contributed by atoms with van der Waals surface area (Å²) in [6, 6.07) is 8.41. The van der Waals surface area contributed by atoms with Crippen LogP contribution in [0.2, 0.25) is 0 Å². The summed E-state index contributed by atoms with van der Waals surface area (Å²) in [5, 5.41) is 0. The van der Waals surface area contributed by atoms with Gasteiger partial charge in [-0.1, -0.05) is 12.1 Å². The molecule has 0 saturated heterocycles. The molecule has 0 saturated carbocycles. The summed E-state index contributed by atoms with van der Waals surface area (Å²) in [6.45, 7) is 0.208. The van der Waals surface area contributed by atoms with E-state index in [1.807, 2.05) is 0 Å². The van der Waals surface area contributed by atoms with Crippen molar-refractivity contribution in [1.82, 2.24) is 14.9 Å². The number of aromatic nitrogens is 2. The van der Waals surface area contributed by atoms with Crippen molar-refractivity contribution < 1.29 is 13.6 Å². The number of amides is 1. The van der Waals surface area contributed by atoms with E-state index in [0.717, 1.165) is 6.07 Å². The number of imidazole rings is 1. The highest BCUT2D eigenvalue weighted by atomic mass is 32.1. The number of fused-ring (bicyclic) bond motifs is 1. The van der Waals surface area contributed by atoms with Crippen LogP contribution in [0.5, 0.6) is 0 Å². The van der Waals surface area contributed by atoms with Gasteiger partial charge in [0.05, 0.1) is 16.6 Å². The molecule has 0 fully saturated rings. The van der Waals surface area contributed by atoms with E-state index in [0.29, 0.717) is 21.4 Å². The molecule has 0 unspecified atom stereocenters. The SMILES string of the molecule is CN(Cc1cccc(F)c1)C(=O)c1cc(F)cc2[nH]c(=S)[nH]c12. The molecule has 0 aliphatic carbocycles. The summed E-state index contributed by atoms with van der Waals surface area (Å²) >= 11 is 4.99. The lowest BCUT2D eigenvalue weighted by molar-refractivity contribution is 0.0786. The minimum atomic E-state index is -0.537. The number of benzene rings is 2. The molecule has 1 aromatic heterocycles. The van der Waals surface area contributed by atoms with Gasteiger partial charge in [0.15, 0.2) is 4.77 Å². The molecule has 2 N–H and O–H groups in total. The van der Waals surface area contributed by atoms with Gasteiger partial charge < -0.3 is 14.9 Å². The van der Waals surface area contributed by atoms with Crippen molar-refractivity contribution in [2.75, 3.05) is 7.05 Å². The van der Waals surface area contributed by atoms with Gasteiger partial charge in [0.1, 0.15) is 11.6 Å². The number of nitrogens with one attached hydrogen (secondary N) is 2. The topological polar surface area (TPSA) is 51.9 Å².